The number of aryl methyl sites for hydroxylation is 1. The van der Waals surface area contributed by atoms with Crippen molar-refractivity contribution in [2.75, 3.05) is 6.61 Å². The topological polar surface area (TPSA) is 13.6 Å². The van der Waals surface area contributed by atoms with E-state index in [0.717, 1.165) is 12.4 Å². The van der Waals surface area contributed by atoms with Gasteiger partial charge in [0.2, 0.25) is 0 Å². The molecule has 0 fully saturated rings. The quantitative estimate of drug-likeness (QED) is 0.684. The number of ether oxygens (including phenoxy) is 1. The van der Waals surface area contributed by atoms with Gasteiger partial charge in [-0.1, -0.05) is 6.07 Å². The van der Waals surface area contributed by atoms with E-state index in [1.807, 2.05) is 31.5 Å². The average molecular weight is 175 g/mol. The van der Waals surface area contributed by atoms with Gasteiger partial charge in [0, 0.05) is 11.8 Å². The Balaban J connectivity index is 2.60. The van der Waals surface area contributed by atoms with Crippen LogP contribution in [0.15, 0.2) is 30.6 Å². The molecular formula is C11H13NO. The van der Waals surface area contributed by atoms with Crippen LogP contribution in [-0.2, 0) is 0 Å². The van der Waals surface area contributed by atoms with Gasteiger partial charge in [-0.25, -0.2) is 0 Å². The lowest BCUT2D eigenvalue weighted by Crippen LogP contribution is -1.90. The minimum Gasteiger partial charge on any atom is -0.492 e. The molecule has 0 aromatic carbocycles. The van der Waals surface area contributed by atoms with Gasteiger partial charge in [0.25, 0.3) is 0 Å². The van der Waals surface area contributed by atoms with E-state index in [9.17, 15) is 0 Å². The lowest BCUT2D eigenvalue weighted by molar-refractivity contribution is 0.338. The molecular weight excluding hydrogens is 162 g/mol. The third-order valence-corrected chi connectivity index (χ3v) is 2.20. The van der Waals surface area contributed by atoms with Gasteiger partial charge >= 0.3 is 0 Å². The van der Waals surface area contributed by atoms with Crippen molar-refractivity contribution in [2.24, 2.45) is 0 Å². The summed E-state index contributed by atoms with van der Waals surface area (Å²) < 4.78 is 7.58. The normalized spacial score (nSPS) is 10.6. The van der Waals surface area contributed by atoms with Crippen LogP contribution < -0.4 is 4.74 Å². The minimum absolute atomic E-state index is 0.720. The average Bonchev–Trinajstić information content (AvgIpc) is 2.46. The van der Waals surface area contributed by atoms with Crippen LogP contribution in [-0.4, -0.2) is 11.0 Å². The fourth-order valence-electron chi connectivity index (χ4n) is 1.54. The van der Waals surface area contributed by atoms with E-state index in [1.54, 1.807) is 0 Å². The van der Waals surface area contributed by atoms with E-state index in [1.165, 1.54) is 11.1 Å². The van der Waals surface area contributed by atoms with E-state index < -0.39 is 0 Å². The van der Waals surface area contributed by atoms with Gasteiger partial charge in [-0.3, -0.25) is 0 Å². The van der Waals surface area contributed by atoms with Crippen LogP contribution in [0.2, 0.25) is 0 Å². The molecule has 0 radical (unpaired) electrons. The van der Waals surface area contributed by atoms with Gasteiger partial charge in [0.15, 0.2) is 0 Å². The standard InChI is InChI=1S/C11H13NO/c1-3-13-11-8-12-7-5-4-6-10(12)9(11)2/h4-8H,3H2,1-2H3. The summed E-state index contributed by atoms with van der Waals surface area (Å²) >= 11 is 0. The summed E-state index contributed by atoms with van der Waals surface area (Å²) in [7, 11) is 0. The molecule has 68 valence electrons. The predicted octanol–water partition coefficient (Wildman–Crippen LogP) is 2.65. The zero-order valence-electron chi connectivity index (χ0n) is 7.95. The number of hydrogen-bond acceptors (Lipinski definition) is 1. The van der Waals surface area contributed by atoms with Gasteiger partial charge in [0.1, 0.15) is 5.75 Å². The number of aromatic nitrogens is 1. The summed E-state index contributed by atoms with van der Waals surface area (Å²) in [6.45, 7) is 4.81. The maximum atomic E-state index is 5.50. The molecule has 2 heterocycles. The molecule has 0 aliphatic carbocycles. The molecule has 2 nitrogen and oxygen atoms in total. The highest BCUT2D eigenvalue weighted by Gasteiger charge is 2.05. The van der Waals surface area contributed by atoms with Crippen LogP contribution in [0.4, 0.5) is 0 Å². The maximum Gasteiger partial charge on any atom is 0.140 e. The van der Waals surface area contributed by atoms with Crippen LogP contribution in [0.5, 0.6) is 5.75 Å². The van der Waals surface area contributed by atoms with Crippen molar-refractivity contribution in [3.8, 4) is 5.75 Å². The minimum atomic E-state index is 0.720. The van der Waals surface area contributed by atoms with E-state index >= 15 is 0 Å². The summed E-state index contributed by atoms with van der Waals surface area (Å²) in [5, 5.41) is 0. The lowest BCUT2D eigenvalue weighted by Gasteiger charge is -1.98. The first-order chi connectivity index (χ1) is 6.33. The zero-order chi connectivity index (χ0) is 9.26. The summed E-state index contributed by atoms with van der Waals surface area (Å²) in [5.74, 6) is 0.980. The lowest BCUT2D eigenvalue weighted by atomic mass is 10.3. The Morgan fingerprint density at radius 3 is 2.92 bits per heavy atom. The van der Waals surface area contributed by atoms with Gasteiger partial charge < -0.3 is 9.14 Å². The van der Waals surface area contributed by atoms with Crippen LogP contribution in [0, 0.1) is 6.92 Å². The fourth-order valence-corrected chi connectivity index (χ4v) is 1.54. The Morgan fingerprint density at radius 2 is 2.23 bits per heavy atom. The van der Waals surface area contributed by atoms with Crippen molar-refractivity contribution in [1.29, 1.82) is 0 Å². The number of fused-ring (bicyclic) bond motifs is 1. The molecule has 0 saturated carbocycles. The first kappa shape index (κ1) is 8.17. The number of rotatable bonds is 2. The monoisotopic (exact) mass is 175 g/mol. The van der Waals surface area contributed by atoms with Crippen LogP contribution in [0.3, 0.4) is 0 Å². The largest absolute Gasteiger partial charge is 0.492 e. The van der Waals surface area contributed by atoms with Crippen molar-refractivity contribution in [3.05, 3.63) is 36.2 Å². The van der Waals surface area contributed by atoms with Crippen molar-refractivity contribution in [2.45, 2.75) is 13.8 Å². The molecule has 2 aromatic rings. The number of hydrogen-bond donors (Lipinski definition) is 0. The van der Waals surface area contributed by atoms with Gasteiger partial charge in [-0.2, -0.15) is 0 Å². The van der Waals surface area contributed by atoms with Crippen molar-refractivity contribution < 1.29 is 4.74 Å². The summed E-state index contributed by atoms with van der Waals surface area (Å²) in [6.07, 6.45) is 4.05. The molecule has 0 unspecified atom stereocenters. The van der Waals surface area contributed by atoms with E-state index in [4.69, 9.17) is 4.74 Å². The summed E-state index contributed by atoms with van der Waals surface area (Å²) in [4.78, 5) is 0. The molecule has 2 rings (SSSR count). The predicted molar refractivity (Wildman–Crippen MR) is 53.3 cm³/mol. The molecule has 0 saturated heterocycles. The summed E-state index contributed by atoms with van der Waals surface area (Å²) in [5.41, 5.74) is 2.42. The second-order valence-electron chi connectivity index (χ2n) is 3.04. The second kappa shape index (κ2) is 3.13. The van der Waals surface area contributed by atoms with Gasteiger partial charge in [0.05, 0.1) is 18.3 Å². The highest BCUT2D eigenvalue weighted by Crippen LogP contribution is 2.24. The van der Waals surface area contributed by atoms with Gasteiger partial charge in [-0.05, 0) is 26.0 Å². The highest BCUT2D eigenvalue weighted by molar-refractivity contribution is 5.61. The molecule has 0 bridgehead atoms. The second-order valence-corrected chi connectivity index (χ2v) is 3.04. The third kappa shape index (κ3) is 1.28. The molecule has 0 aliphatic heterocycles. The number of pyridine rings is 1. The molecule has 0 spiro atoms. The van der Waals surface area contributed by atoms with Crippen LogP contribution in [0.25, 0.3) is 5.52 Å². The van der Waals surface area contributed by atoms with Gasteiger partial charge in [-0.15, -0.1) is 0 Å². The zero-order valence-corrected chi connectivity index (χ0v) is 7.95. The van der Waals surface area contributed by atoms with Crippen molar-refractivity contribution in [1.82, 2.24) is 4.40 Å². The Bertz CT molecular complexity index is 417. The Labute approximate surface area is 77.8 Å². The van der Waals surface area contributed by atoms with E-state index in [2.05, 4.69) is 17.4 Å². The van der Waals surface area contributed by atoms with E-state index in [0.29, 0.717) is 0 Å². The maximum absolute atomic E-state index is 5.50. The molecule has 2 aromatic heterocycles. The van der Waals surface area contributed by atoms with Crippen molar-refractivity contribution in [3.63, 3.8) is 0 Å². The Morgan fingerprint density at radius 1 is 1.38 bits per heavy atom. The Kier molecular flexibility index (Phi) is 1.97. The summed E-state index contributed by atoms with van der Waals surface area (Å²) in [6, 6.07) is 6.15. The SMILES string of the molecule is CCOc1cn2ccccc2c1C. The first-order valence-electron chi connectivity index (χ1n) is 4.52. The van der Waals surface area contributed by atoms with Crippen LogP contribution in [0.1, 0.15) is 12.5 Å². The van der Waals surface area contributed by atoms with Crippen LogP contribution >= 0.6 is 0 Å². The Hall–Kier alpha value is -1.44. The fraction of sp³-hybridized carbons (Fsp3) is 0.273. The first-order valence-corrected chi connectivity index (χ1v) is 4.52. The highest BCUT2D eigenvalue weighted by atomic mass is 16.5. The molecule has 2 heteroatoms. The van der Waals surface area contributed by atoms with Crippen molar-refractivity contribution >= 4 is 5.52 Å². The molecule has 0 aliphatic rings. The molecule has 0 atom stereocenters. The molecule has 0 N–H and O–H groups in total. The molecule has 13 heavy (non-hydrogen) atoms. The number of nitrogens with zero attached hydrogens (tertiary/aromatic N) is 1. The smallest absolute Gasteiger partial charge is 0.140 e. The molecule has 0 amide bonds. The third-order valence-electron chi connectivity index (χ3n) is 2.20. The van der Waals surface area contributed by atoms with E-state index in [-0.39, 0.29) is 0 Å².